The summed E-state index contributed by atoms with van der Waals surface area (Å²) >= 11 is 3.28. The SMILES string of the molecule is COc1cc(Br)nc(C(=O)N[C@@H]2CCCC2=O)c1OCc1ccccc1. The van der Waals surface area contributed by atoms with Crippen molar-refractivity contribution >= 4 is 27.6 Å². The fraction of sp³-hybridized carbons (Fsp3) is 0.316. The van der Waals surface area contributed by atoms with Crippen LogP contribution >= 0.6 is 15.9 Å². The lowest BCUT2D eigenvalue weighted by atomic mass is 10.2. The summed E-state index contributed by atoms with van der Waals surface area (Å²) in [6.07, 6.45) is 1.93. The van der Waals surface area contributed by atoms with Gasteiger partial charge < -0.3 is 14.8 Å². The fourth-order valence-corrected chi connectivity index (χ4v) is 3.24. The van der Waals surface area contributed by atoms with E-state index >= 15 is 0 Å². The van der Waals surface area contributed by atoms with Gasteiger partial charge in [-0.15, -0.1) is 0 Å². The Kier molecular flexibility index (Phi) is 5.88. The van der Waals surface area contributed by atoms with Gasteiger partial charge in [0.1, 0.15) is 11.2 Å². The maximum atomic E-state index is 12.7. The molecule has 136 valence electrons. The molecule has 26 heavy (non-hydrogen) atoms. The van der Waals surface area contributed by atoms with Crippen molar-refractivity contribution < 1.29 is 19.1 Å². The van der Waals surface area contributed by atoms with Crippen LogP contribution in [0, 0.1) is 0 Å². The Hall–Kier alpha value is -2.41. The molecule has 1 heterocycles. The van der Waals surface area contributed by atoms with Crippen molar-refractivity contribution in [2.45, 2.75) is 31.9 Å². The maximum absolute atomic E-state index is 12.7. The highest BCUT2D eigenvalue weighted by atomic mass is 79.9. The van der Waals surface area contributed by atoms with Gasteiger partial charge in [-0.05, 0) is 34.3 Å². The molecule has 0 radical (unpaired) electrons. The zero-order valence-corrected chi connectivity index (χ0v) is 15.9. The number of carbonyl (C=O) groups is 2. The molecule has 1 atom stereocenters. The summed E-state index contributed by atoms with van der Waals surface area (Å²) in [5.41, 5.74) is 1.04. The van der Waals surface area contributed by atoms with Gasteiger partial charge in [-0.3, -0.25) is 9.59 Å². The maximum Gasteiger partial charge on any atom is 0.274 e. The number of methoxy groups -OCH3 is 1. The summed E-state index contributed by atoms with van der Waals surface area (Å²) in [6.45, 7) is 0.267. The molecule has 0 unspecified atom stereocenters. The number of pyridine rings is 1. The molecule has 1 amide bonds. The first-order valence-corrected chi connectivity index (χ1v) is 9.12. The molecule has 3 rings (SSSR count). The van der Waals surface area contributed by atoms with Crippen LogP contribution in [0.2, 0.25) is 0 Å². The molecule has 1 fully saturated rings. The number of nitrogens with zero attached hydrogens (tertiary/aromatic N) is 1. The number of Topliss-reactive ketones (excluding diaryl/α,β-unsaturated/α-hetero) is 1. The predicted molar refractivity (Wildman–Crippen MR) is 99.4 cm³/mol. The number of rotatable bonds is 6. The Morgan fingerprint density at radius 3 is 2.77 bits per heavy atom. The van der Waals surface area contributed by atoms with Crippen LogP contribution in [0.1, 0.15) is 35.3 Å². The standard InChI is InChI=1S/C19H19BrN2O4/c1-25-15-10-16(20)22-17(19(24)21-13-8-5-9-14(13)23)18(15)26-11-12-6-3-2-4-7-12/h2-4,6-7,10,13H,5,8-9,11H2,1H3,(H,21,24)/t13-/m1/s1. The van der Waals surface area contributed by atoms with Crippen molar-refractivity contribution in [2.75, 3.05) is 7.11 Å². The fourth-order valence-electron chi connectivity index (χ4n) is 2.85. The molecule has 1 aliphatic rings. The third-order valence-electron chi connectivity index (χ3n) is 4.18. The van der Waals surface area contributed by atoms with Crippen molar-refractivity contribution in [1.82, 2.24) is 10.3 Å². The Balaban J connectivity index is 1.86. The second-order valence-corrected chi connectivity index (χ2v) is 6.80. The van der Waals surface area contributed by atoms with Gasteiger partial charge in [-0.2, -0.15) is 0 Å². The van der Waals surface area contributed by atoms with Crippen LogP contribution < -0.4 is 14.8 Å². The zero-order chi connectivity index (χ0) is 18.5. The van der Waals surface area contributed by atoms with E-state index in [-0.39, 0.29) is 23.8 Å². The number of ketones is 1. The van der Waals surface area contributed by atoms with E-state index in [9.17, 15) is 9.59 Å². The second-order valence-electron chi connectivity index (χ2n) is 5.98. The van der Waals surface area contributed by atoms with Gasteiger partial charge in [0.25, 0.3) is 5.91 Å². The number of benzene rings is 1. The number of ether oxygens (including phenoxy) is 2. The molecule has 0 aliphatic heterocycles. The predicted octanol–water partition coefficient (Wildman–Crippen LogP) is 3.28. The van der Waals surface area contributed by atoms with Gasteiger partial charge >= 0.3 is 0 Å². The summed E-state index contributed by atoms with van der Waals surface area (Å²) in [5.74, 6) is 0.244. The molecular formula is C19H19BrN2O4. The Labute approximate surface area is 160 Å². The summed E-state index contributed by atoms with van der Waals surface area (Å²) in [5, 5.41) is 2.75. The number of carbonyl (C=O) groups excluding carboxylic acids is 2. The zero-order valence-electron chi connectivity index (χ0n) is 14.3. The lowest BCUT2D eigenvalue weighted by Crippen LogP contribution is -2.38. The minimum atomic E-state index is -0.462. The van der Waals surface area contributed by atoms with Crippen LogP contribution in [0.5, 0.6) is 11.5 Å². The summed E-state index contributed by atoms with van der Waals surface area (Å²) in [4.78, 5) is 28.8. The van der Waals surface area contributed by atoms with Crippen LogP contribution in [-0.4, -0.2) is 29.8 Å². The van der Waals surface area contributed by atoms with Gasteiger partial charge in [-0.25, -0.2) is 4.98 Å². The van der Waals surface area contributed by atoms with E-state index < -0.39 is 11.9 Å². The molecule has 1 N–H and O–H groups in total. The van der Waals surface area contributed by atoms with Crippen LogP contribution in [0.3, 0.4) is 0 Å². The topological polar surface area (TPSA) is 77.5 Å². The van der Waals surface area contributed by atoms with Gasteiger partial charge in [0, 0.05) is 12.5 Å². The first kappa shape index (κ1) is 18.4. The Bertz CT molecular complexity index is 811. The molecule has 0 spiro atoms. The van der Waals surface area contributed by atoms with E-state index in [1.165, 1.54) is 7.11 Å². The van der Waals surface area contributed by atoms with Gasteiger partial charge in [0.2, 0.25) is 0 Å². The number of halogens is 1. The number of hydrogen-bond donors (Lipinski definition) is 1. The van der Waals surface area contributed by atoms with Crippen molar-refractivity contribution in [3.8, 4) is 11.5 Å². The lowest BCUT2D eigenvalue weighted by Gasteiger charge is -2.16. The average Bonchev–Trinajstić information content (AvgIpc) is 3.05. The minimum Gasteiger partial charge on any atom is -0.493 e. The third kappa shape index (κ3) is 4.22. The molecule has 0 bridgehead atoms. The van der Waals surface area contributed by atoms with Gasteiger partial charge in [-0.1, -0.05) is 30.3 Å². The van der Waals surface area contributed by atoms with E-state index in [1.54, 1.807) is 6.07 Å². The Morgan fingerprint density at radius 1 is 1.35 bits per heavy atom. The van der Waals surface area contributed by atoms with E-state index in [4.69, 9.17) is 9.47 Å². The lowest BCUT2D eigenvalue weighted by molar-refractivity contribution is -0.118. The molecule has 1 aromatic carbocycles. The highest BCUT2D eigenvalue weighted by molar-refractivity contribution is 9.10. The van der Waals surface area contributed by atoms with E-state index in [2.05, 4.69) is 26.2 Å². The number of hydrogen-bond acceptors (Lipinski definition) is 5. The number of nitrogens with one attached hydrogen (secondary N) is 1. The molecule has 0 saturated heterocycles. The molecule has 1 aliphatic carbocycles. The van der Waals surface area contributed by atoms with Crippen LogP contribution in [0.25, 0.3) is 0 Å². The quantitative estimate of drug-likeness (QED) is 0.728. The van der Waals surface area contributed by atoms with Gasteiger partial charge in [0.15, 0.2) is 23.0 Å². The molecule has 1 saturated carbocycles. The van der Waals surface area contributed by atoms with Crippen LogP contribution in [0.15, 0.2) is 41.0 Å². The first-order valence-electron chi connectivity index (χ1n) is 8.33. The molecular weight excluding hydrogens is 400 g/mol. The normalized spacial score (nSPS) is 16.4. The highest BCUT2D eigenvalue weighted by Gasteiger charge is 2.29. The van der Waals surface area contributed by atoms with Crippen LogP contribution in [-0.2, 0) is 11.4 Å². The third-order valence-corrected chi connectivity index (χ3v) is 4.58. The van der Waals surface area contributed by atoms with E-state index in [1.807, 2.05) is 30.3 Å². The minimum absolute atomic E-state index is 0.0482. The van der Waals surface area contributed by atoms with Crippen LogP contribution in [0.4, 0.5) is 0 Å². The molecule has 1 aromatic heterocycles. The number of amides is 1. The molecule has 7 heteroatoms. The van der Waals surface area contributed by atoms with Crippen molar-refractivity contribution in [3.63, 3.8) is 0 Å². The van der Waals surface area contributed by atoms with E-state index in [0.29, 0.717) is 23.2 Å². The average molecular weight is 419 g/mol. The highest BCUT2D eigenvalue weighted by Crippen LogP contribution is 2.33. The smallest absolute Gasteiger partial charge is 0.274 e. The van der Waals surface area contributed by atoms with Gasteiger partial charge in [0.05, 0.1) is 13.2 Å². The second kappa shape index (κ2) is 8.31. The molecule has 6 nitrogen and oxygen atoms in total. The Morgan fingerprint density at radius 2 is 2.12 bits per heavy atom. The summed E-state index contributed by atoms with van der Waals surface area (Å²) < 4.78 is 11.7. The molecule has 2 aromatic rings. The monoisotopic (exact) mass is 418 g/mol. The summed E-state index contributed by atoms with van der Waals surface area (Å²) in [7, 11) is 1.50. The van der Waals surface area contributed by atoms with Crippen molar-refractivity contribution in [2.24, 2.45) is 0 Å². The first-order chi connectivity index (χ1) is 12.6. The van der Waals surface area contributed by atoms with Crippen molar-refractivity contribution in [1.29, 1.82) is 0 Å². The van der Waals surface area contributed by atoms with E-state index in [0.717, 1.165) is 12.0 Å². The number of aromatic nitrogens is 1. The largest absolute Gasteiger partial charge is 0.493 e. The van der Waals surface area contributed by atoms with Crippen molar-refractivity contribution in [3.05, 3.63) is 52.3 Å². The summed E-state index contributed by atoms with van der Waals surface area (Å²) in [6, 6.07) is 10.8.